The Bertz CT molecular complexity index is 1640. The number of cyclic esters (lactones) is 1. The molecule has 0 aliphatic carbocycles. The van der Waals surface area contributed by atoms with Crippen molar-refractivity contribution >= 4 is 28.4 Å². The van der Waals surface area contributed by atoms with Gasteiger partial charge in [0.05, 0.1) is 30.1 Å². The third-order valence-electron chi connectivity index (χ3n) is 9.69. The molecular weight excluding hydrogens is 580 g/mol. The van der Waals surface area contributed by atoms with E-state index < -0.39 is 12.1 Å². The second kappa shape index (κ2) is 13.3. The van der Waals surface area contributed by atoms with Gasteiger partial charge in [0.15, 0.2) is 0 Å². The summed E-state index contributed by atoms with van der Waals surface area (Å²) >= 11 is 0. The summed E-state index contributed by atoms with van der Waals surface area (Å²) in [5.74, 6) is -0.528. The molecule has 4 atom stereocenters. The third kappa shape index (κ3) is 6.36. The molecule has 3 N–H and O–H groups in total. The minimum atomic E-state index is -0.696. The number of nitrogens with one attached hydrogen (secondary N) is 1. The fraction of sp³-hybridized carbons (Fsp3) is 0.528. The summed E-state index contributed by atoms with van der Waals surface area (Å²) in [7, 11) is 1.71. The van der Waals surface area contributed by atoms with E-state index in [0.29, 0.717) is 32.4 Å². The Morgan fingerprint density at radius 2 is 2.04 bits per heavy atom. The van der Waals surface area contributed by atoms with Gasteiger partial charge < -0.3 is 19.8 Å². The molecule has 3 aliphatic heterocycles. The maximum absolute atomic E-state index is 13.4. The van der Waals surface area contributed by atoms with Crippen molar-refractivity contribution in [3.63, 3.8) is 0 Å². The summed E-state index contributed by atoms with van der Waals surface area (Å²) in [5, 5.41) is 2.71. The zero-order valence-electron chi connectivity index (χ0n) is 27.8. The molecule has 3 aromatic rings. The van der Waals surface area contributed by atoms with Crippen LogP contribution < -0.4 is 11.2 Å². The number of nitrogens with two attached hydrogens (primary N) is 1. The van der Waals surface area contributed by atoms with Gasteiger partial charge in [0.25, 0.3) is 5.91 Å². The van der Waals surface area contributed by atoms with E-state index in [1.165, 1.54) is 27.1 Å². The van der Waals surface area contributed by atoms with Crippen LogP contribution in [0.4, 0.5) is 0 Å². The maximum atomic E-state index is 13.4. The van der Waals surface area contributed by atoms with Crippen LogP contribution in [0.25, 0.3) is 27.7 Å². The van der Waals surface area contributed by atoms with Gasteiger partial charge in [-0.25, -0.2) is 5.43 Å². The molecule has 3 unspecified atom stereocenters. The van der Waals surface area contributed by atoms with E-state index in [0.717, 1.165) is 48.5 Å². The standard InChI is InChI=1S/C36H48N6O4/c1-6-41-31-14-13-24-18-27(31)28(33(41)26-11-7-15-38-32(26)23(2)45-5)19-36(3,4)22-46-35(44)30-12-9-17-42(39-30)34(43)29(37)21-40-16-8-10-25(24)20-40/h7,10-11,13-15,18,23,29-30,39H,6,8-9,12,16-17,19-22,37H2,1-5H3/t23?,29?,30-/m0/s1. The smallest absolute Gasteiger partial charge is 0.324 e. The quantitative estimate of drug-likeness (QED) is 0.407. The van der Waals surface area contributed by atoms with Gasteiger partial charge in [-0.15, -0.1) is 0 Å². The van der Waals surface area contributed by atoms with Crippen LogP contribution in [0.2, 0.25) is 0 Å². The zero-order valence-corrected chi connectivity index (χ0v) is 27.8. The molecule has 1 aromatic carbocycles. The van der Waals surface area contributed by atoms with Crippen LogP contribution in [0.3, 0.4) is 0 Å². The zero-order chi connectivity index (χ0) is 32.6. The van der Waals surface area contributed by atoms with E-state index >= 15 is 0 Å². The van der Waals surface area contributed by atoms with Gasteiger partial charge >= 0.3 is 5.97 Å². The molecule has 6 bridgehead atoms. The number of hydrogen-bond acceptors (Lipinski definition) is 8. The molecular formula is C36H48N6O4. The normalized spacial score (nSPS) is 24.7. The lowest BCUT2D eigenvalue weighted by Gasteiger charge is -2.36. The minimum Gasteiger partial charge on any atom is -0.464 e. The third-order valence-corrected chi connectivity index (χ3v) is 9.69. The summed E-state index contributed by atoms with van der Waals surface area (Å²) in [4.78, 5) is 33.8. The summed E-state index contributed by atoms with van der Waals surface area (Å²) in [5.41, 5.74) is 17.1. The number of pyridine rings is 1. The van der Waals surface area contributed by atoms with E-state index in [9.17, 15) is 9.59 Å². The fourth-order valence-electron chi connectivity index (χ4n) is 7.23. The maximum Gasteiger partial charge on any atom is 0.324 e. The Balaban J connectivity index is 1.50. The Morgan fingerprint density at radius 1 is 1.22 bits per heavy atom. The second-order valence-corrected chi connectivity index (χ2v) is 13.7. The first-order valence-electron chi connectivity index (χ1n) is 16.6. The molecule has 2 aromatic heterocycles. The number of hydrogen-bond donors (Lipinski definition) is 2. The molecule has 3 aliphatic rings. The Morgan fingerprint density at radius 3 is 2.83 bits per heavy atom. The lowest BCUT2D eigenvalue weighted by molar-refractivity contribution is -0.155. The van der Waals surface area contributed by atoms with E-state index in [1.54, 1.807) is 7.11 Å². The predicted molar refractivity (Wildman–Crippen MR) is 180 cm³/mol. The second-order valence-electron chi connectivity index (χ2n) is 13.7. The average Bonchev–Trinajstić information content (AvgIpc) is 3.37. The summed E-state index contributed by atoms with van der Waals surface area (Å²) in [6.07, 6.45) is 6.84. The highest BCUT2D eigenvalue weighted by atomic mass is 16.5. The summed E-state index contributed by atoms with van der Waals surface area (Å²) in [6.45, 7) is 12.0. The molecule has 246 valence electrons. The number of aryl methyl sites for hydroxylation is 1. The van der Waals surface area contributed by atoms with Gasteiger partial charge in [0.2, 0.25) is 0 Å². The van der Waals surface area contributed by atoms with Crippen LogP contribution in [0.15, 0.2) is 42.6 Å². The lowest BCUT2D eigenvalue weighted by Crippen LogP contribution is -2.60. The van der Waals surface area contributed by atoms with Crippen molar-refractivity contribution in [1.82, 2.24) is 24.9 Å². The van der Waals surface area contributed by atoms with Gasteiger partial charge in [0.1, 0.15) is 6.04 Å². The van der Waals surface area contributed by atoms with Gasteiger partial charge in [0, 0.05) is 67.9 Å². The number of esters is 1. The van der Waals surface area contributed by atoms with Crippen LogP contribution in [-0.2, 0) is 32.0 Å². The summed E-state index contributed by atoms with van der Waals surface area (Å²) < 4.78 is 14.2. The lowest BCUT2D eigenvalue weighted by atomic mass is 9.84. The summed E-state index contributed by atoms with van der Waals surface area (Å²) in [6, 6.07) is 9.62. The Kier molecular flexibility index (Phi) is 9.34. The molecule has 10 heteroatoms. The molecule has 10 nitrogen and oxygen atoms in total. The van der Waals surface area contributed by atoms with Gasteiger partial charge in [-0.2, -0.15) is 0 Å². The van der Waals surface area contributed by atoms with Crippen LogP contribution >= 0.6 is 0 Å². The number of aromatic nitrogens is 2. The number of nitrogens with zero attached hydrogens (tertiary/aromatic N) is 4. The fourth-order valence-corrected chi connectivity index (χ4v) is 7.23. The molecule has 1 fully saturated rings. The van der Waals surface area contributed by atoms with E-state index in [1.807, 2.05) is 19.2 Å². The first-order chi connectivity index (χ1) is 22.1. The number of hydrazine groups is 1. The van der Waals surface area contributed by atoms with Crippen LogP contribution in [0.1, 0.15) is 69.9 Å². The van der Waals surface area contributed by atoms with Gasteiger partial charge in [-0.05, 0) is 80.5 Å². The van der Waals surface area contributed by atoms with E-state index in [4.69, 9.17) is 20.2 Å². The van der Waals surface area contributed by atoms with Crippen LogP contribution in [0, 0.1) is 5.41 Å². The first kappa shape index (κ1) is 32.4. The van der Waals surface area contributed by atoms with Crippen molar-refractivity contribution in [2.75, 3.05) is 39.9 Å². The molecule has 0 saturated carbocycles. The van der Waals surface area contributed by atoms with Crippen LogP contribution in [0.5, 0.6) is 0 Å². The first-order valence-corrected chi connectivity index (χ1v) is 16.6. The number of methoxy groups -OCH3 is 1. The highest BCUT2D eigenvalue weighted by Gasteiger charge is 2.34. The number of ether oxygens (including phenoxy) is 2. The van der Waals surface area contributed by atoms with Crippen molar-refractivity contribution in [3.05, 3.63) is 59.4 Å². The minimum absolute atomic E-state index is 0.186. The molecule has 46 heavy (non-hydrogen) atoms. The number of benzene rings is 1. The predicted octanol–water partition coefficient (Wildman–Crippen LogP) is 4.47. The van der Waals surface area contributed by atoms with Crippen molar-refractivity contribution < 1.29 is 19.1 Å². The van der Waals surface area contributed by atoms with E-state index in [2.05, 4.69) is 66.0 Å². The molecule has 1 saturated heterocycles. The van der Waals surface area contributed by atoms with Crippen molar-refractivity contribution in [2.45, 2.75) is 78.1 Å². The number of carbonyl (C=O) groups is 2. The monoisotopic (exact) mass is 628 g/mol. The SMILES string of the molecule is CCn1c(-c2cccnc2C(C)OC)c2c3cc(ccc31)C1=CCCN(C1)CC(N)C(=O)N1CCC[C@H](N1)C(=O)OCC(C)(C)C2. The average molecular weight is 629 g/mol. The number of rotatable bonds is 4. The number of fused-ring (bicyclic) bond motifs is 6. The molecule has 6 rings (SSSR count). The van der Waals surface area contributed by atoms with E-state index in [-0.39, 0.29) is 30.0 Å². The molecule has 1 amide bonds. The molecule has 0 radical (unpaired) electrons. The van der Waals surface area contributed by atoms with Crippen molar-refractivity contribution in [3.8, 4) is 11.3 Å². The Hall–Kier alpha value is -3.57. The highest BCUT2D eigenvalue weighted by molar-refractivity contribution is 5.95. The molecule has 0 spiro atoms. The largest absolute Gasteiger partial charge is 0.464 e. The van der Waals surface area contributed by atoms with Crippen LogP contribution in [-0.4, -0.2) is 83.3 Å². The highest BCUT2D eigenvalue weighted by Crippen LogP contribution is 2.41. The van der Waals surface area contributed by atoms with Gasteiger partial charge in [-0.1, -0.05) is 26.0 Å². The number of amides is 1. The number of carbonyl (C=O) groups excluding carboxylic acids is 2. The van der Waals surface area contributed by atoms with Gasteiger partial charge in [-0.3, -0.25) is 24.5 Å². The van der Waals surface area contributed by atoms with Crippen molar-refractivity contribution in [2.24, 2.45) is 11.1 Å². The van der Waals surface area contributed by atoms with Crippen molar-refractivity contribution in [1.29, 1.82) is 0 Å². The topological polar surface area (TPSA) is 115 Å². The molecule has 5 heterocycles. The Labute approximate surface area is 271 Å².